The minimum atomic E-state index is -3.98. The lowest BCUT2D eigenvalue weighted by molar-refractivity contribution is -0.394. The molecule has 0 spiro atoms. The molecular weight excluding hydrogens is 470 g/mol. The second-order valence-electron chi connectivity index (χ2n) is 6.76. The topological polar surface area (TPSA) is 183 Å². The Balaban J connectivity index is 1.67. The molecule has 0 unspecified atom stereocenters. The Morgan fingerprint density at radius 3 is 2.00 bits per heavy atom. The number of anilines is 1. The number of nitro groups is 2. The van der Waals surface area contributed by atoms with Gasteiger partial charge in [-0.15, -0.1) is 5.11 Å². The van der Waals surface area contributed by atoms with Gasteiger partial charge in [-0.25, -0.2) is 10.3 Å². The molecule has 1 N–H and O–H groups in total. The first kappa shape index (κ1) is 23.9. The van der Waals surface area contributed by atoms with Gasteiger partial charge >= 0.3 is 5.97 Å². The second-order valence-corrected chi connectivity index (χ2v) is 8.35. The molecule has 0 fully saturated rings. The summed E-state index contributed by atoms with van der Waals surface area (Å²) in [7, 11) is -3.98. The summed E-state index contributed by atoms with van der Waals surface area (Å²) >= 11 is 0. The Labute approximate surface area is 192 Å². The maximum atomic E-state index is 12.2. The van der Waals surface area contributed by atoms with E-state index in [0.29, 0.717) is 0 Å². The molecule has 3 aromatic rings. The highest BCUT2D eigenvalue weighted by atomic mass is 32.2. The van der Waals surface area contributed by atoms with Crippen molar-refractivity contribution in [1.29, 1.82) is 0 Å². The predicted molar refractivity (Wildman–Crippen MR) is 118 cm³/mol. The Morgan fingerprint density at radius 2 is 1.47 bits per heavy atom. The molecular formula is C20H15N5O8S. The van der Waals surface area contributed by atoms with Crippen LogP contribution >= 0.6 is 0 Å². The highest BCUT2D eigenvalue weighted by molar-refractivity contribution is 7.90. The largest absolute Gasteiger partial charge is 0.363 e. The number of nitro benzene ring substituents is 2. The SMILES string of the molecule is Cc1ccc(S(=O)(=O)N=Nc2ccc(NOC(=O)c3cc([N+](=O)[O-])cc([N+](=O)[O-])c3)cc2)cc1. The van der Waals surface area contributed by atoms with Crippen molar-refractivity contribution < 1.29 is 27.9 Å². The van der Waals surface area contributed by atoms with Crippen molar-refractivity contribution in [3.8, 4) is 0 Å². The third-order valence-corrected chi connectivity index (χ3v) is 5.44. The minimum Gasteiger partial charge on any atom is -0.338 e. The van der Waals surface area contributed by atoms with Crippen molar-refractivity contribution in [2.24, 2.45) is 9.63 Å². The maximum absolute atomic E-state index is 12.2. The van der Waals surface area contributed by atoms with E-state index in [4.69, 9.17) is 4.84 Å². The number of hydrogen-bond acceptors (Lipinski definition) is 10. The zero-order valence-corrected chi connectivity index (χ0v) is 18.1. The van der Waals surface area contributed by atoms with Crippen LogP contribution in [-0.2, 0) is 14.9 Å². The molecule has 174 valence electrons. The molecule has 0 atom stereocenters. The number of benzene rings is 3. The van der Waals surface area contributed by atoms with Crippen LogP contribution in [0.2, 0.25) is 0 Å². The fraction of sp³-hybridized carbons (Fsp3) is 0.0500. The van der Waals surface area contributed by atoms with Crippen molar-refractivity contribution in [1.82, 2.24) is 0 Å². The van der Waals surface area contributed by atoms with Gasteiger partial charge in [-0.2, -0.15) is 8.42 Å². The molecule has 3 aromatic carbocycles. The molecule has 0 aliphatic carbocycles. The fourth-order valence-electron chi connectivity index (χ4n) is 2.54. The summed E-state index contributed by atoms with van der Waals surface area (Å²) in [5.74, 6) is -1.10. The zero-order valence-electron chi connectivity index (χ0n) is 17.3. The van der Waals surface area contributed by atoms with Crippen LogP contribution < -0.4 is 5.48 Å². The van der Waals surface area contributed by atoms with E-state index in [1.807, 2.05) is 6.92 Å². The molecule has 13 nitrogen and oxygen atoms in total. The summed E-state index contributed by atoms with van der Waals surface area (Å²) in [5.41, 5.74) is 1.94. The minimum absolute atomic E-state index is 0.00608. The van der Waals surface area contributed by atoms with Gasteiger partial charge in [0, 0.05) is 12.1 Å². The van der Waals surface area contributed by atoms with Gasteiger partial charge in [0.15, 0.2) is 0 Å². The smallest absolute Gasteiger partial charge is 0.338 e. The second kappa shape index (κ2) is 9.83. The lowest BCUT2D eigenvalue weighted by Crippen LogP contribution is -2.11. The Morgan fingerprint density at radius 1 is 0.912 bits per heavy atom. The summed E-state index contributed by atoms with van der Waals surface area (Å²) in [4.78, 5) is 37.1. The van der Waals surface area contributed by atoms with E-state index in [1.165, 1.54) is 36.4 Å². The summed E-state index contributed by atoms with van der Waals surface area (Å²) in [6.45, 7) is 1.82. The molecule has 0 saturated heterocycles. The van der Waals surface area contributed by atoms with E-state index in [2.05, 4.69) is 15.1 Å². The van der Waals surface area contributed by atoms with E-state index in [0.717, 1.165) is 23.8 Å². The maximum Gasteiger partial charge on any atom is 0.363 e. The van der Waals surface area contributed by atoms with Gasteiger partial charge in [-0.1, -0.05) is 22.2 Å². The van der Waals surface area contributed by atoms with Crippen LogP contribution in [0.3, 0.4) is 0 Å². The molecule has 0 aliphatic rings. The molecule has 34 heavy (non-hydrogen) atoms. The summed E-state index contributed by atoms with van der Waals surface area (Å²) < 4.78 is 27.8. The Bertz CT molecular complexity index is 1360. The van der Waals surface area contributed by atoms with E-state index in [9.17, 15) is 33.4 Å². The number of aryl methyl sites for hydroxylation is 1. The predicted octanol–water partition coefficient (Wildman–Crippen LogP) is 4.47. The van der Waals surface area contributed by atoms with Crippen LogP contribution in [0.5, 0.6) is 0 Å². The van der Waals surface area contributed by atoms with Crippen molar-refractivity contribution >= 4 is 38.7 Å². The van der Waals surface area contributed by atoms with Crippen LogP contribution in [0, 0.1) is 27.2 Å². The number of nitrogens with zero attached hydrogens (tertiary/aromatic N) is 4. The number of sulfonamides is 1. The monoisotopic (exact) mass is 485 g/mol. The van der Waals surface area contributed by atoms with Crippen molar-refractivity contribution in [3.05, 3.63) is 98.1 Å². The molecule has 0 saturated carbocycles. The first-order valence-electron chi connectivity index (χ1n) is 9.31. The molecule has 0 bridgehead atoms. The van der Waals surface area contributed by atoms with Gasteiger partial charge in [0.1, 0.15) is 0 Å². The van der Waals surface area contributed by atoms with E-state index >= 15 is 0 Å². The number of non-ortho nitro benzene ring substituents is 2. The fourth-order valence-corrected chi connectivity index (χ4v) is 3.32. The lowest BCUT2D eigenvalue weighted by Gasteiger charge is -2.07. The highest BCUT2D eigenvalue weighted by Crippen LogP contribution is 2.24. The molecule has 0 radical (unpaired) electrons. The number of carbonyl (C=O) groups is 1. The van der Waals surface area contributed by atoms with Crippen molar-refractivity contribution in [2.45, 2.75) is 11.8 Å². The average Bonchev–Trinajstić information content (AvgIpc) is 2.81. The number of carbonyl (C=O) groups excluding carboxylic acids is 1. The van der Waals surface area contributed by atoms with E-state index < -0.39 is 42.8 Å². The zero-order chi connectivity index (χ0) is 24.9. The van der Waals surface area contributed by atoms with Crippen LogP contribution in [0.25, 0.3) is 0 Å². The third kappa shape index (κ3) is 5.95. The summed E-state index contributed by atoms with van der Waals surface area (Å²) in [5, 5.41) is 25.6. The first-order valence-corrected chi connectivity index (χ1v) is 10.7. The number of nitrogens with one attached hydrogen (secondary N) is 1. The first-order chi connectivity index (χ1) is 16.0. The van der Waals surface area contributed by atoms with Gasteiger partial charge in [0.2, 0.25) is 0 Å². The normalized spacial score (nSPS) is 11.2. The summed E-state index contributed by atoms with van der Waals surface area (Å²) in [6.07, 6.45) is 0. The van der Waals surface area contributed by atoms with Crippen molar-refractivity contribution in [3.63, 3.8) is 0 Å². The van der Waals surface area contributed by atoms with Gasteiger partial charge in [-0.05, 0) is 43.3 Å². The van der Waals surface area contributed by atoms with Gasteiger partial charge in [0.25, 0.3) is 21.4 Å². The van der Waals surface area contributed by atoms with E-state index in [1.54, 1.807) is 12.1 Å². The number of rotatable bonds is 8. The quantitative estimate of drug-likeness (QED) is 0.273. The number of hydrogen-bond donors (Lipinski definition) is 1. The van der Waals surface area contributed by atoms with E-state index in [-0.39, 0.29) is 16.3 Å². The molecule has 14 heteroatoms. The highest BCUT2D eigenvalue weighted by Gasteiger charge is 2.21. The Kier molecular flexibility index (Phi) is 6.92. The van der Waals surface area contributed by atoms with Crippen molar-refractivity contribution in [2.75, 3.05) is 5.48 Å². The standard InChI is InChI=1S/C20H15N5O8S/c1-13-2-8-19(9-3-13)34(31,32)23-21-15-4-6-16(7-5-15)22-33-20(26)14-10-17(24(27)28)12-18(11-14)25(29)30/h2-12,22H,1H3. The molecule has 0 aromatic heterocycles. The van der Waals surface area contributed by atoms with Crippen LogP contribution in [0.4, 0.5) is 22.7 Å². The van der Waals surface area contributed by atoms with Crippen LogP contribution in [-0.4, -0.2) is 24.2 Å². The third-order valence-electron chi connectivity index (χ3n) is 4.27. The molecule has 3 rings (SSSR count). The molecule has 0 heterocycles. The van der Waals surface area contributed by atoms with Crippen LogP contribution in [0.1, 0.15) is 15.9 Å². The average molecular weight is 485 g/mol. The van der Waals surface area contributed by atoms with Gasteiger partial charge < -0.3 is 4.84 Å². The van der Waals surface area contributed by atoms with Crippen LogP contribution in [0.15, 0.2) is 81.3 Å². The Hall–Kier alpha value is -4.72. The van der Waals surface area contributed by atoms with Gasteiger partial charge in [0.05, 0.1) is 37.7 Å². The lowest BCUT2D eigenvalue weighted by atomic mass is 10.2. The molecule has 0 amide bonds. The summed E-state index contributed by atoms with van der Waals surface area (Å²) in [6, 6.07) is 14.1. The van der Waals surface area contributed by atoms with Gasteiger partial charge in [-0.3, -0.25) is 20.2 Å². The molecule has 0 aliphatic heterocycles.